The Bertz CT molecular complexity index is 2360. The van der Waals surface area contributed by atoms with Crippen molar-refractivity contribution in [3.8, 4) is 85.9 Å². The molecule has 5 atom stereocenters. The van der Waals surface area contributed by atoms with Gasteiger partial charge in [0.1, 0.15) is 24.4 Å². The highest BCUT2D eigenvalue weighted by molar-refractivity contribution is 6.08. The number of carboxylic acids is 1. The Kier molecular flexibility index (Phi) is 9.67. The molecule has 23 heteroatoms. The van der Waals surface area contributed by atoms with Gasteiger partial charge < -0.3 is 95.2 Å². The predicted molar refractivity (Wildman–Crippen MR) is 176 cm³/mol. The molecule has 4 aromatic rings. The summed E-state index contributed by atoms with van der Waals surface area (Å²) in [7, 11) is 0. The van der Waals surface area contributed by atoms with E-state index in [1.807, 2.05) is 0 Å². The van der Waals surface area contributed by atoms with E-state index in [0.29, 0.717) is 30.3 Å². The highest BCUT2D eigenvalue weighted by Crippen LogP contribution is 2.55. The van der Waals surface area contributed by atoms with Crippen LogP contribution in [-0.4, -0.2) is 133 Å². The molecule has 0 saturated carbocycles. The largest absolute Gasteiger partial charge is 0.504 e. The zero-order valence-electron chi connectivity index (χ0n) is 27.9. The first kappa shape index (κ1) is 38.9. The van der Waals surface area contributed by atoms with Gasteiger partial charge in [0.15, 0.2) is 64.0 Å². The normalized spacial score (nSPS) is 20.4. The Labute approximate surface area is 314 Å². The molecular formula is C34H26O23. The minimum absolute atomic E-state index is 0.404. The number of benzene rings is 4. The predicted octanol–water partition coefficient (Wildman–Crippen LogP) is 0.605. The number of aliphatic hydroxyl groups is 2. The van der Waals surface area contributed by atoms with Crippen molar-refractivity contribution in [3.63, 3.8) is 0 Å². The molecule has 0 amide bonds. The number of ether oxygens (including phenoxy) is 5. The fourth-order valence-corrected chi connectivity index (χ4v) is 5.78. The van der Waals surface area contributed by atoms with E-state index in [0.717, 1.165) is 0 Å². The molecule has 14 N–H and O–H groups in total. The fraction of sp³-hybridized carbons (Fsp3) is 0.176. The van der Waals surface area contributed by atoms with Crippen LogP contribution in [0, 0.1) is 0 Å². The van der Waals surface area contributed by atoms with Crippen molar-refractivity contribution in [2.45, 2.75) is 30.7 Å². The minimum atomic E-state index is -2.37. The molecule has 0 spiro atoms. The van der Waals surface area contributed by atoms with Gasteiger partial charge in [-0.2, -0.15) is 0 Å². The van der Waals surface area contributed by atoms with Crippen LogP contribution in [0.15, 0.2) is 30.3 Å². The maximum absolute atomic E-state index is 14.1. The van der Waals surface area contributed by atoms with Crippen molar-refractivity contribution < 1.29 is 114 Å². The van der Waals surface area contributed by atoms with Crippen LogP contribution in [-0.2, 0) is 18.9 Å². The molecule has 2 bridgehead atoms. The monoisotopic (exact) mass is 802 g/mol. The van der Waals surface area contributed by atoms with Gasteiger partial charge in [-0.3, -0.25) is 0 Å². The number of hydrogen-bond acceptors (Lipinski definition) is 22. The zero-order chi connectivity index (χ0) is 41.9. The third kappa shape index (κ3) is 6.58. The van der Waals surface area contributed by atoms with E-state index in [1.165, 1.54) is 0 Å². The highest BCUT2D eigenvalue weighted by atomic mass is 16.7. The van der Waals surface area contributed by atoms with Crippen LogP contribution in [0.3, 0.4) is 0 Å². The van der Waals surface area contributed by atoms with Gasteiger partial charge in [0, 0.05) is 23.3 Å². The number of rotatable bonds is 5. The summed E-state index contributed by atoms with van der Waals surface area (Å²) in [5.41, 5.74) is -5.97. The van der Waals surface area contributed by atoms with Crippen molar-refractivity contribution in [1.82, 2.24) is 0 Å². The van der Waals surface area contributed by atoms with Gasteiger partial charge in [-0.1, -0.05) is 0 Å². The molecule has 6 rings (SSSR count). The van der Waals surface area contributed by atoms with E-state index in [2.05, 4.69) is 0 Å². The smallest absolute Gasteiger partial charge is 0.340 e. The third-order valence-electron chi connectivity index (χ3n) is 8.63. The van der Waals surface area contributed by atoms with Crippen molar-refractivity contribution >= 4 is 23.9 Å². The third-order valence-corrected chi connectivity index (χ3v) is 8.63. The second-order valence-electron chi connectivity index (χ2n) is 12.1. The topological polar surface area (TPSA) is 398 Å². The van der Waals surface area contributed by atoms with E-state index >= 15 is 0 Å². The second kappa shape index (κ2) is 14.1. The highest BCUT2D eigenvalue weighted by Gasteiger charge is 2.50. The van der Waals surface area contributed by atoms with Crippen LogP contribution in [0.1, 0.15) is 41.4 Å². The molecule has 4 aromatic carbocycles. The SMILES string of the molecule is O=C(O[C@@H]1O[C@@H]2COC(=O)c3cc(O)c(O)c(O)c3-c3c(cc(Oc4c(C(=O)O)cc(O)c(O)c4O)c(O)c3O)C(=O)O[C@H]([C@@H]1O)[C@@H]2O)c1cc(O)c(O)c(O)c1. The number of carbonyl (C=O) groups excluding carboxylic acids is 3. The number of aliphatic hydroxyl groups excluding tert-OH is 2. The molecule has 1 saturated heterocycles. The average Bonchev–Trinajstić information content (AvgIpc) is 3.16. The van der Waals surface area contributed by atoms with Crippen LogP contribution >= 0.6 is 0 Å². The van der Waals surface area contributed by atoms with Gasteiger partial charge in [-0.25, -0.2) is 19.2 Å². The van der Waals surface area contributed by atoms with Crippen LogP contribution in [0.2, 0.25) is 0 Å². The van der Waals surface area contributed by atoms with Crippen molar-refractivity contribution in [1.29, 1.82) is 0 Å². The maximum Gasteiger partial charge on any atom is 0.340 e. The number of aromatic carboxylic acids is 1. The Morgan fingerprint density at radius 1 is 0.632 bits per heavy atom. The average molecular weight is 803 g/mol. The van der Waals surface area contributed by atoms with Crippen LogP contribution in [0.25, 0.3) is 11.1 Å². The number of fused-ring (bicyclic) bond motifs is 5. The molecule has 2 aliphatic heterocycles. The summed E-state index contributed by atoms with van der Waals surface area (Å²) >= 11 is 0. The molecule has 0 unspecified atom stereocenters. The van der Waals surface area contributed by atoms with E-state index in [-0.39, 0.29) is 0 Å². The number of cyclic esters (lactones) is 1. The molecule has 1 fully saturated rings. The van der Waals surface area contributed by atoms with E-state index in [9.17, 15) is 90.7 Å². The number of aromatic hydroxyl groups is 11. The van der Waals surface area contributed by atoms with Crippen molar-refractivity contribution in [2.75, 3.05) is 6.61 Å². The van der Waals surface area contributed by atoms with Gasteiger partial charge in [-0.05, 0) is 18.2 Å². The Hall–Kier alpha value is -7.76. The summed E-state index contributed by atoms with van der Waals surface area (Å²) in [6, 6.07) is 2.58. The van der Waals surface area contributed by atoms with E-state index < -0.39 is 169 Å². The summed E-state index contributed by atoms with van der Waals surface area (Å²) in [6.07, 6.45) is -10.9. The van der Waals surface area contributed by atoms with E-state index in [1.54, 1.807) is 0 Å². The first-order valence-electron chi connectivity index (χ1n) is 15.6. The Morgan fingerprint density at radius 3 is 1.79 bits per heavy atom. The molecule has 0 aliphatic carbocycles. The number of phenols is 11. The Morgan fingerprint density at radius 2 is 1.18 bits per heavy atom. The first-order chi connectivity index (χ1) is 26.7. The summed E-state index contributed by atoms with van der Waals surface area (Å²) in [5, 5.41) is 145. The molecule has 23 nitrogen and oxygen atoms in total. The van der Waals surface area contributed by atoms with Crippen molar-refractivity contribution in [3.05, 3.63) is 52.6 Å². The number of phenolic OH excluding ortho intramolecular Hbond substituents is 11. The van der Waals surface area contributed by atoms with E-state index in [4.69, 9.17) is 23.7 Å². The molecule has 2 aliphatic rings. The number of esters is 3. The minimum Gasteiger partial charge on any atom is -0.504 e. The van der Waals surface area contributed by atoms with Crippen LogP contribution < -0.4 is 4.74 Å². The standard InChI is InChI=1S/C34H26O23/c35-11-1-7(2-12(36)19(11)39)31(50)57-34-27(47)29-23(43)16(55-34)6-53-32(51)8-3-13(37)20(40)24(44)17(8)18-9(33(52)56-29)5-15(22(42)25(18)45)54-28-10(30(48)49)4-14(38)21(41)26(28)46/h1-5,16,23,27,29,34-47H,6H2,(H,48,49)/t16-,23-,27+,29+,34+/m1/s1. The molecule has 57 heavy (non-hydrogen) atoms. The quantitative estimate of drug-likeness (QED) is 0.0746. The number of hydrogen-bond donors (Lipinski definition) is 14. The lowest BCUT2D eigenvalue weighted by molar-refractivity contribution is -0.284. The second-order valence-corrected chi connectivity index (χ2v) is 12.1. The Balaban J connectivity index is 1.52. The van der Waals surface area contributed by atoms with Gasteiger partial charge in [0.25, 0.3) is 0 Å². The molecule has 300 valence electrons. The van der Waals surface area contributed by atoms with Crippen molar-refractivity contribution in [2.24, 2.45) is 0 Å². The fourth-order valence-electron chi connectivity index (χ4n) is 5.78. The van der Waals surface area contributed by atoms with Crippen LogP contribution in [0.4, 0.5) is 0 Å². The maximum atomic E-state index is 14.1. The molecule has 0 radical (unpaired) electrons. The zero-order valence-corrected chi connectivity index (χ0v) is 27.9. The summed E-state index contributed by atoms with van der Waals surface area (Å²) in [6.45, 7) is -1.05. The lowest BCUT2D eigenvalue weighted by Gasteiger charge is -2.41. The van der Waals surface area contributed by atoms with Gasteiger partial charge >= 0.3 is 23.9 Å². The number of carbonyl (C=O) groups is 4. The first-order valence-corrected chi connectivity index (χ1v) is 15.6. The summed E-state index contributed by atoms with van der Waals surface area (Å²) < 4.78 is 26.3. The summed E-state index contributed by atoms with van der Waals surface area (Å²) in [4.78, 5) is 52.5. The van der Waals surface area contributed by atoms with Gasteiger partial charge in [0.2, 0.25) is 29.3 Å². The van der Waals surface area contributed by atoms with Gasteiger partial charge in [0.05, 0.1) is 16.7 Å². The molecule has 0 aromatic heterocycles. The lowest BCUT2D eigenvalue weighted by atomic mass is 9.91. The molecular weight excluding hydrogens is 776 g/mol. The van der Waals surface area contributed by atoms with Crippen LogP contribution in [0.5, 0.6) is 74.7 Å². The lowest BCUT2D eigenvalue weighted by Crippen LogP contribution is -2.61. The number of carboxylic acid groups (broad SMARTS) is 1. The molecule has 2 heterocycles. The summed E-state index contributed by atoms with van der Waals surface area (Å²) in [5.74, 6) is -22.9. The van der Waals surface area contributed by atoms with Gasteiger partial charge in [-0.15, -0.1) is 0 Å².